The van der Waals surface area contributed by atoms with Crippen molar-refractivity contribution in [3.63, 3.8) is 0 Å². The second kappa shape index (κ2) is 8.60. The highest BCUT2D eigenvalue weighted by molar-refractivity contribution is 6.24. The van der Waals surface area contributed by atoms with Crippen LogP contribution in [0.4, 0.5) is 11.4 Å². The summed E-state index contributed by atoms with van der Waals surface area (Å²) in [7, 11) is 0. The van der Waals surface area contributed by atoms with Crippen molar-refractivity contribution in [2.45, 2.75) is 25.5 Å². The van der Waals surface area contributed by atoms with E-state index in [4.69, 9.17) is 9.57 Å². The molecule has 2 aliphatic rings. The third-order valence-corrected chi connectivity index (χ3v) is 5.95. The van der Waals surface area contributed by atoms with E-state index < -0.39 is 24.0 Å². The fourth-order valence-electron chi connectivity index (χ4n) is 4.43. The molecule has 3 aromatic carbocycles. The number of carbonyl (C=O) groups excluding carboxylic acids is 2. The predicted octanol–water partition coefficient (Wildman–Crippen LogP) is 4.23. The first-order chi connectivity index (χ1) is 16.1. The number of fused-ring (bicyclic) bond motifs is 1. The molecular weight excluding hydrogens is 420 g/mol. The molecule has 7 heteroatoms. The second-order valence-electron chi connectivity index (χ2n) is 8.07. The molecule has 168 valence electrons. The van der Waals surface area contributed by atoms with Gasteiger partial charge in [-0.3, -0.25) is 14.4 Å². The van der Waals surface area contributed by atoms with E-state index in [1.165, 1.54) is 4.90 Å². The third-order valence-electron chi connectivity index (χ3n) is 5.95. The summed E-state index contributed by atoms with van der Waals surface area (Å²) in [5.41, 5.74) is 1.69. The predicted molar refractivity (Wildman–Crippen MR) is 123 cm³/mol. The van der Waals surface area contributed by atoms with Gasteiger partial charge in [-0.15, -0.1) is 0 Å². The van der Waals surface area contributed by atoms with Gasteiger partial charge in [-0.05, 0) is 48.9 Å². The van der Waals surface area contributed by atoms with Crippen LogP contribution in [0.5, 0.6) is 11.5 Å². The molecule has 2 aliphatic heterocycles. The highest BCUT2D eigenvalue weighted by atomic mass is 16.7. The van der Waals surface area contributed by atoms with Gasteiger partial charge in [-0.25, -0.2) is 9.96 Å². The number of nitrogens with zero attached hydrogens (tertiary/aromatic N) is 2. The maximum atomic E-state index is 13.6. The molecule has 2 saturated heterocycles. The largest absolute Gasteiger partial charge is 0.508 e. The molecule has 0 bridgehead atoms. The maximum Gasteiger partial charge on any atom is 0.266 e. The van der Waals surface area contributed by atoms with Crippen molar-refractivity contribution in [3.05, 3.63) is 84.4 Å². The van der Waals surface area contributed by atoms with Crippen LogP contribution in [-0.4, -0.2) is 29.6 Å². The number of hydrogen-bond donors (Lipinski definition) is 1. The van der Waals surface area contributed by atoms with Gasteiger partial charge in [0.2, 0.25) is 5.91 Å². The van der Waals surface area contributed by atoms with E-state index in [-0.39, 0.29) is 11.7 Å². The lowest BCUT2D eigenvalue weighted by Gasteiger charge is -2.29. The first-order valence-corrected chi connectivity index (χ1v) is 11.0. The zero-order valence-corrected chi connectivity index (χ0v) is 18.1. The Kier molecular flexibility index (Phi) is 5.48. The van der Waals surface area contributed by atoms with Crippen molar-refractivity contribution in [1.82, 2.24) is 0 Å². The zero-order chi connectivity index (χ0) is 22.9. The van der Waals surface area contributed by atoms with Crippen LogP contribution in [0.3, 0.4) is 0 Å². The van der Waals surface area contributed by atoms with E-state index in [9.17, 15) is 14.7 Å². The SMILES string of the molecule is CCCOc1ccc(N2C(=O)[C@@H]3[C@H](ON(c4ccccc4)[C@@H]3c3ccccc3O)C2=O)cc1. The molecule has 3 aromatic rings. The number of phenols is 1. The minimum absolute atomic E-state index is 0.0452. The summed E-state index contributed by atoms with van der Waals surface area (Å²) in [6, 6.07) is 22.3. The van der Waals surface area contributed by atoms with Gasteiger partial charge in [0.15, 0.2) is 6.10 Å². The Morgan fingerprint density at radius 1 is 0.879 bits per heavy atom. The topological polar surface area (TPSA) is 79.3 Å². The Labute approximate surface area is 191 Å². The third kappa shape index (κ3) is 3.60. The molecule has 0 saturated carbocycles. The Bertz CT molecular complexity index is 1160. The number of rotatable bonds is 6. The van der Waals surface area contributed by atoms with Gasteiger partial charge >= 0.3 is 0 Å². The maximum absolute atomic E-state index is 13.6. The molecule has 0 aromatic heterocycles. The normalized spacial score (nSPS) is 22.0. The number of para-hydroxylation sites is 2. The van der Waals surface area contributed by atoms with Crippen LogP contribution >= 0.6 is 0 Å². The van der Waals surface area contributed by atoms with Crippen LogP contribution in [0.15, 0.2) is 78.9 Å². The number of carbonyl (C=O) groups is 2. The molecule has 0 radical (unpaired) electrons. The molecule has 7 nitrogen and oxygen atoms in total. The Morgan fingerprint density at radius 3 is 2.27 bits per heavy atom. The average molecular weight is 444 g/mol. The van der Waals surface area contributed by atoms with Crippen LogP contribution in [0.1, 0.15) is 24.9 Å². The van der Waals surface area contributed by atoms with E-state index in [0.29, 0.717) is 29.3 Å². The molecule has 2 fully saturated rings. The fourth-order valence-corrected chi connectivity index (χ4v) is 4.43. The van der Waals surface area contributed by atoms with Crippen LogP contribution in [0.2, 0.25) is 0 Å². The summed E-state index contributed by atoms with van der Waals surface area (Å²) in [6.45, 7) is 2.62. The first-order valence-electron chi connectivity index (χ1n) is 11.0. The number of imide groups is 1. The molecule has 0 aliphatic carbocycles. The lowest BCUT2D eigenvalue weighted by Crippen LogP contribution is -2.37. The summed E-state index contributed by atoms with van der Waals surface area (Å²) >= 11 is 0. The van der Waals surface area contributed by atoms with Crippen molar-refractivity contribution in [2.75, 3.05) is 16.6 Å². The number of anilines is 2. The van der Waals surface area contributed by atoms with Crippen LogP contribution in [-0.2, 0) is 14.4 Å². The summed E-state index contributed by atoms with van der Waals surface area (Å²) in [6.07, 6.45) is -0.102. The molecule has 33 heavy (non-hydrogen) atoms. The number of hydroxylamine groups is 1. The van der Waals surface area contributed by atoms with Gasteiger partial charge in [0.05, 0.1) is 24.0 Å². The van der Waals surface area contributed by atoms with Crippen LogP contribution < -0.4 is 14.7 Å². The van der Waals surface area contributed by atoms with Crippen LogP contribution in [0.25, 0.3) is 0 Å². The quantitative estimate of drug-likeness (QED) is 0.573. The number of hydrogen-bond acceptors (Lipinski definition) is 6. The van der Waals surface area contributed by atoms with Crippen molar-refractivity contribution in [1.29, 1.82) is 0 Å². The Hall–Kier alpha value is -3.84. The smallest absolute Gasteiger partial charge is 0.266 e. The molecule has 1 N–H and O–H groups in total. The molecule has 3 atom stereocenters. The van der Waals surface area contributed by atoms with Crippen LogP contribution in [0, 0.1) is 5.92 Å². The van der Waals surface area contributed by atoms with Gasteiger partial charge in [0.25, 0.3) is 5.91 Å². The van der Waals surface area contributed by atoms with Crippen molar-refractivity contribution in [2.24, 2.45) is 5.92 Å². The summed E-state index contributed by atoms with van der Waals surface area (Å²) in [5, 5.41) is 12.2. The van der Waals surface area contributed by atoms with E-state index >= 15 is 0 Å². The highest BCUT2D eigenvalue weighted by Gasteiger charge is 2.60. The van der Waals surface area contributed by atoms with E-state index in [1.807, 2.05) is 37.3 Å². The van der Waals surface area contributed by atoms with E-state index in [0.717, 1.165) is 6.42 Å². The standard InChI is InChI=1S/C26H24N2O5/c1-2-16-32-19-14-12-17(13-15-19)27-25(30)22-23(20-10-6-7-11-21(20)29)28(33-24(22)26(27)31)18-8-4-3-5-9-18/h3-15,22-24,29H,2,16H2,1H3/t22-,23+,24-/m0/s1. The molecule has 5 rings (SSSR count). The minimum atomic E-state index is -0.988. The van der Waals surface area contributed by atoms with Crippen molar-refractivity contribution < 1.29 is 24.3 Å². The molecule has 2 amide bonds. The summed E-state index contributed by atoms with van der Waals surface area (Å²) in [5.74, 6) is -0.866. The van der Waals surface area contributed by atoms with Gasteiger partial charge in [0.1, 0.15) is 17.4 Å². The lowest BCUT2D eigenvalue weighted by molar-refractivity contribution is -0.126. The lowest BCUT2D eigenvalue weighted by atomic mass is 9.90. The Balaban J connectivity index is 1.51. The number of phenolic OH excluding ortho intramolecular Hbond substituents is 1. The zero-order valence-electron chi connectivity index (χ0n) is 18.1. The molecule has 0 spiro atoms. The van der Waals surface area contributed by atoms with Crippen molar-refractivity contribution >= 4 is 23.2 Å². The summed E-state index contributed by atoms with van der Waals surface area (Å²) in [4.78, 5) is 34.2. The second-order valence-corrected chi connectivity index (χ2v) is 8.07. The highest BCUT2D eigenvalue weighted by Crippen LogP contribution is 2.49. The summed E-state index contributed by atoms with van der Waals surface area (Å²) < 4.78 is 5.60. The van der Waals surface area contributed by atoms with E-state index in [1.54, 1.807) is 53.6 Å². The number of aromatic hydroxyl groups is 1. The molecular formula is C26H24N2O5. The minimum Gasteiger partial charge on any atom is -0.508 e. The van der Waals surface area contributed by atoms with Gasteiger partial charge in [-0.1, -0.05) is 43.3 Å². The van der Waals surface area contributed by atoms with Gasteiger partial charge in [0, 0.05) is 5.56 Å². The van der Waals surface area contributed by atoms with E-state index in [2.05, 4.69) is 0 Å². The fraction of sp³-hybridized carbons (Fsp3) is 0.231. The first kappa shape index (κ1) is 21.0. The Morgan fingerprint density at radius 2 is 1.58 bits per heavy atom. The monoisotopic (exact) mass is 444 g/mol. The van der Waals surface area contributed by atoms with Gasteiger partial charge < -0.3 is 9.84 Å². The molecule has 2 heterocycles. The number of benzene rings is 3. The van der Waals surface area contributed by atoms with Gasteiger partial charge in [-0.2, -0.15) is 0 Å². The van der Waals surface area contributed by atoms with Crippen molar-refractivity contribution in [3.8, 4) is 11.5 Å². The number of ether oxygens (including phenoxy) is 1. The number of amides is 2. The average Bonchev–Trinajstić information content (AvgIpc) is 3.35. The molecule has 0 unspecified atom stereocenters.